The monoisotopic (exact) mass is 100 g/mol. The molecular weight excluding hydrogens is 96.9 g/mol. The van der Waals surface area contributed by atoms with Gasteiger partial charge in [0.1, 0.15) is 0 Å². The zero-order chi connectivity index (χ0) is 6.24. The van der Waals surface area contributed by atoms with E-state index < -0.39 is 0 Å². The molecule has 0 spiro atoms. The molecule has 0 saturated heterocycles. The van der Waals surface area contributed by atoms with Gasteiger partial charge in [0.05, 0.1) is 0 Å². The maximum absolute atomic E-state index is 7.72. The molecule has 0 amide bonds. The molecule has 0 radical (unpaired) electrons. The van der Waals surface area contributed by atoms with Crippen LogP contribution in [0.4, 0.5) is 0 Å². The first kappa shape index (κ1) is 8.15. The molecule has 0 unspecified atom stereocenters. The van der Waals surface area contributed by atoms with Gasteiger partial charge < -0.3 is 0 Å². The van der Waals surface area contributed by atoms with Gasteiger partial charge in [-0.15, -0.1) is 0 Å². The van der Waals surface area contributed by atoms with Gasteiger partial charge in [-0.1, -0.05) is 0 Å². The minimum atomic E-state index is 1.15. The van der Waals surface area contributed by atoms with Crippen LogP contribution < -0.4 is 0 Å². The third-order valence-corrected chi connectivity index (χ3v) is 0.498. The van der Waals surface area contributed by atoms with Gasteiger partial charge in [0.25, 0.3) is 0 Å². The summed E-state index contributed by atoms with van der Waals surface area (Å²) in [5, 5.41) is 7.72. The van der Waals surface area contributed by atoms with E-state index in [4.69, 9.17) is 5.26 Å². The van der Waals surface area contributed by atoms with E-state index in [2.05, 4.69) is 12.2 Å². The van der Waals surface area contributed by atoms with E-state index in [1.54, 1.807) is 26.8 Å². The zero-order valence-electron chi connectivity index (χ0n) is 4.45. The van der Waals surface area contributed by atoms with Crippen molar-refractivity contribution in [1.29, 1.82) is 0 Å². The molecule has 0 aliphatic heterocycles. The van der Waals surface area contributed by atoms with Crippen LogP contribution in [-0.4, -0.2) is 46.4 Å². The van der Waals surface area contributed by atoms with Crippen molar-refractivity contribution in [3.05, 3.63) is 0 Å². The molecule has 0 fully saturated rings. The number of rotatable bonds is 3. The van der Waals surface area contributed by atoms with Crippen molar-refractivity contribution >= 4 is 41.1 Å². The van der Waals surface area contributed by atoms with Crippen LogP contribution in [0.15, 0.2) is 0 Å². The van der Waals surface area contributed by atoms with E-state index in [1.807, 2.05) is 0 Å². The van der Waals surface area contributed by atoms with Crippen LogP contribution in [0.2, 0.25) is 0 Å². The Kier molecular flexibility index (Phi) is 7.28. The van der Waals surface area contributed by atoms with E-state index >= 15 is 0 Å². The Balaban J connectivity index is 3.26. The molecule has 0 aromatic carbocycles. The van der Waals surface area contributed by atoms with Gasteiger partial charge in [-0.2, -0.15) is 0 Å². The summed E-state index contributed by atoms with van der Waals surface area (Å²) >= 11 is 0. The fourth-order valence-electron chi connectivity index (χ4n) is 0.223. The quantitative estimate of drug-likeness (QED) is 0.238. The molecule has 0 atom stereocenters. The summed E-state index contributed by atoms with van der Waals surface area (Å²) in [5.41, 5.74) is 0. The van der Waals surface area contributed by atoms with Gasteiger partial charge in [-0.3, -0.25) is 0 Å². The average Bonchev–Trinajstić information content (AvgIpc) is 1.81. The second kappa shape index (κ2) is 7.15. The van der Waals surface area contributed by atoms with E-state index in [1.165, 1.54) is 0 Å². The van der Waals surface area contributed by atoms with E-state index in [9.17, 15) is 0 Å². The maximum atomic E-state index is 7.72. The zero-order valence-corrected chi connectivity index (χ0v) is 4.45. The Hall–Kier alpha value is 0.150. The SMILES string of the molecule is B=BB=BB=BOO. The molecule has 0 saturated carbocycles. The van der Waals surface area contributed by atoms with Crippen molar-refractivity contribution in [1.82, 2.24) is 0 Å². The van der Waals surface area contributed by atoms with Gasteiger partial charge in [0.15, 0.2) is 0 Å². The van der Waals surface area contributed by atoms with Crippen LogP contribution in [0, 0.1) is 0 Å². The van der Waals surface area contributed by atoms with Crippen LogP contribution in [0.1, 0.15) is 0 Å². The Bertz CT molecular complexity index is 103. The van der Waals surface area contributed by atoms with Crippen molar-refractivity contribution in [3.63, 3.8) is 0 Å². The van der Waals surface area contributed by atoms with Crippen molar-refractivity contribution in [2.75, 3.05) is 0 Å². The molecule has 2 nitrogen and oxygen atoms in total. The normalized spacial score (nSPS) is 6.00. The van der Waals surface area contributed by atoms with E-state index in [0.717, 1.165) is 7.00 Å². The fraction of sp³-hybridized carbons (Fsp3) is 0. The van der Waals surface area contributed by atoms with Crippen molar-refractivity contribution in [2.45, 2.75) is 0 Å². The van der Waals surface area contributed by atoms with Gasteiger partial charge in [0.2, 0.25) is 0 Å². The molecule has 0 heterocycles. The van der Waals surface area contributed by atoms with E-state index in [0.29, 0.717) is 0 Å². The van der Waals surface area contributed by atoms with Crippen LogP contribution in [0.5, 0.6) is 0 Å². The minimum absolute atomic E-state index is 1.15. The molecule has 0 aromatic rings. The Morgan fingerprint density at radius 1 is 1.25 bits per heavy atom. The van der Waals surface area contributed by atoms with Gasteiger partial charge in [-0.25, -0.2) is 0 Å². The first-order valence-corrected chi connectivity index (χ1v) is 2.16. The van der Waals surface area contributed by atoms with Gasteiger partial charge >= 0.3 is 51.2 Å². The second-order valence-electron chi connectivity index (χ2n) is 1.05. The summed E-state index contributed by atoms with van der Waals surface area (Å²) in [6.07, 6.45) is 0. The molecular formula is H2B6O2. The fourth-order valence-corrected chi connectivity index (χ4v) is 0.223. The first-order valence-electron chi connectivity index (χ1n) is 2.16. The molecule has 0 bridgehead atoms. The molecule has 8 heavy (non-hydrogen) atoms. The van der Waals surface area contributed by atoms with Gasteiger partial charge in [-0.05, 0) is 0 Å². The average molecular weight is 98.9 g/mol. The van der Waals surface area contributed by atoms with E-state index in [-0.39, 0.29) is 0 Å². The predicted molar refractivity (Wildman–Crippen MR) is 39.6 cm³/mol. The summed E-state index contributed by atoms with van der Waals surface area (Å²) in [6.45, 7) is 6.57. The Morgan fingerprint density at radius 3 is 2.50 bits per heavy atom. The molecule has 32 valence electrons. The summed E-state index contributed by atoms with van der Waals surface area (Å²) < 4.78 is 0. The predicted octanol–water partition coefficient (Wildman–Crippen LogP) is -2.61. The summed E-state index contributed by atoms with van der Waals surface area (Å²) in [5.74, 6) is 0. The summed E-state index contributed by atoms with van der Waals surface area (Å²) in [4.78, 5) is 3.62. The van der Waals surface area contributed by atoms with Gasteiger partial charge in [0, 0.05) is 0 Å². The number of hydrogen-bond donors (Lipinski definition) is 1. The topological polar surface area (TPSA) is 29.5 Å². The third kappa shape index (κ3) is 6.15. The van der Waals surface area contributed by atoms with Crippen molar-refractivity contribution in [3.8, 4) is 0 Å². The van der Waals surface area contributed by atoms with Crippen LogP contribution in [0.25, 0.3) is 0 Å². The number of hydrogen-bond acceptors (Lipinski definition) is 2. The van der Waals surface area contributed by atoms with Crippen LogP contribution in [0.3, 0.4) is 0 Å². The second-order valence-corrected chi connectivity index (χ2v) is 1.05. The first-order chi connectivity index (χ1) is 3.91. The molecule has 0 aliphatic carbocycles. The summed E-state index contributed by atoms with van der Waals surface area (Å²) in [6, 6.07) is 0. The van der Waals surface area contributed by atoms with Crippen LogP contribution >= 0.6 is 0 Å². The molecule has 0 rings (SSSR count). The molecule has 0 aliphatic rings. The third-order valence-electron chi connectivity index (χ3n) is 0.498. The standard InChI is InChI=1S/B6H2O2/c1-2-3-4-5-6-8-7/h1,7H. The van der Waals surface area contributed by atoms with Crippen molar-refractivity contribution in [2.24, 2.45) is 0 Å². The Morgan fingerprint density at radius 2 is 2.00 bits per heavy atom. The summed E-state index contributed by atoms with van der Waals surface area (Å²) in [7, 11) is 4.59. The van der Waals surface area contributed by atoms with Crippen LogP contribution in [-0.2, 0) is 4.81 Å². The molecule has 1 N–H and O–H groups in total. The van der Waals surface area contributed by atoms with Crippen molar-refractivity contribution < 1.29 is 10.1 Å². The Labute approximate surface area is 52.0 Å². The molecule has 0 aromatic heterocycles. The molecule has 8 heteroatoms.